The lowest BCUT2D eigenvalue weighted by molar-refractivity contribution is 0.528. The van der Waals surface area contributed by atoms with Crippen molar-refractivity contribution in [3.63, 3.8) is 0 Å². The highest BCUT2D eigenvalue weighted by atomic mass is 28.3. The standard InChI is InChI=1S/C64H114Si2/c1-2-8-14-20-26-32-38-46-56-66-59-49-41-35-29-23-17-11-5-3-9-15-21-27-33-39-47-57-65(55-45-37-31-25-19-13-7-1,63-53-54-64(66)62-52-44-43-51-61(62)63)58-48-40-34-28-22-16-10-4-6-12-18-24-30-36-42-50-60-66/h43-44,51-54H,1-42,45-50,55-60H2. The molecule has 3 aliphatic heterocycles. The molecule has 378 valence electrons. The van der Waals surface area contributed by atoms with Crippen molar-refractivity contribution in [2.75, 3.05) is 0 Å². The first-order valence-corrected chi connectivity index (χ1v) is 36.6. The summed E-state index contributed by atoms with van der Waals surface area (Å²) in [6.45, 7) is 0. The minimum atomic E-state index is -1.76. The van der Waals surface area contributed by atoms with Crippen molar-refractivity contribution in [1.29, 1.82) is 0 Å². The fourth-order valence-electron chi connectivity index (χ4n) is 14.0. The van der Waals surface area contributed by atoms with Crippen LogP contribution in [0, 0.1) is 0 Å². The van der Waals surface area contributed by atoms with Crippen LogP contribution in [-0.4, -0.2) is 16.1 Å². The van der Waals surface area contributed by atoms with Gasteiger partial charge in [-0.2, -0.15) is 0 Å². The quantitative estimate of drug-likeness (QED) is 0.231. The second kappa shape index (κ2) is 37.0. The van der Waals surface area contributed by atoms with E-state index in [9.17, 15) is 0 Å². The van der Waals surface area contributed by atoms with E-state index in [0.29, 0.717) is 0 Å². The predicted molar refractivity (Wildman–Crippen MR) is 305 cm³/mol. The molecule has 2 heteroatoms. The number of hydrogen-bond donors (Lipinski definition) is 0. The Labute approximate surface area is 416 Å². The molecular weight excluding hydrogens is 825 g/mol. The Morgan fingerprint density at radius 3 is 0.455 bits per heavy atom. The molecule has 2 aromatic rings. The van der Waals surface area contributed by atoms with E-state index in [1.54, 1.807) is 47.0 Å². The van der Waals surface area contributed by atoms with Crippen LogP contribution in [0.5, 0.6) is 0 Å². The largest absolute Gasteiger partial charge is 0.0875 e. The molecule has 0 saturated carbocycles. The molecule has 0 atom stereocenters. The van der Waals surface area contributed by atoms with Gasteiger partial charge in [0, 0.05) is 0 Å². The van der Waals surface area contributed by atoms with Crippen LogP contribution in [-0.2, 0) is 0 Å². The Balaban J connectivity index is 1.54. The van der Waals surface area contributed by atoms with Crippen LogP contribution in [0.2, 0.25) is 36.3 Å². The summed E-state index contributed by atoms with van der Waals surface area (Å²) in [6, 6.07) is 25.6. The van der Waals surface area contributed by atoms with E-state index in [2.05, 4.69) is 36.4 Å². The number of hydrogen-bond acceptors (Lipinski definition) is 0. The molecule has 0 nitrogen and oxygen atoms in total. The zero-order chi connectivity index (χ0) is 45.7. The molecular formula is C64H114Si2. The molecule has 0 N–H and O–H groups in total. The van der Waals surface area contributed by atoms with Crippen molar-refractivity contribution in [3.8, 4) is 0 Å². The Bertz CT molecular complexity index is 1220. The summed E-state index contributed by atoms with van der Waals surface area (Å²) < 4.78 is 0. The van der Waals surface area contributed by atoms with Gasteiger partial charge < -0.3 is 0 Å². The molecule has 3 aliphatic rings. The van der Waals surface area contributed by atoms with Gasteiger partial charge in [-0.1, -0.05) is 391 Å². The number of rotatable bonds is 0. The lowest BCUT2D eigenvalue weighted by Gasteiger charge is -2.38. The van der Waals surface area contributed by atoms with Gasteiger partial charge in [-0.25, -0.2) is 0 Å². The average Bonchev–Trinajstić information content (AvgIpc) is 3.33. The molecule has 0 radical (unpaired) electrons. The smallest absolute Gasteiger partial charge is 0.0625 e. The van der Waals surface area contributed by atoms with Crippen LogP contribution < -0.4 is 10.4 Å². The second-order valence-electron chi connectivity index (χ2n) is 23.7. The Hall–Kier alpha value is -0.866. The first-order chi connectivity index (χ1) is 32.8. The minimum absolute atomic E-state index is 1.48. The van der Waals surface area contributed by atoms with E-state index in [1.807, 2.05) is 10.4 Å². The van der Waals surface area contributed by atoms with Gasteiger partial charge in [-0.15, -0.1) is 0 Å². The highest BCUT2D eigenvalue weighted by molar-refractivity contribution is 6.95. The second-order valence-corrected chi connectivity index (χ2v) is 32.9. The lowest BCUT2D eigenvalue weighted by atomic mass is 10.0. The maximum absolute atomic E-state index is 2.93. The monoisotopic (exact) mass is 939 g/mol. The maximum Gasteiger partial charge on any atom is 0.0875 e. The van der Waals surface area contributed by atoms with Crippen LogP contribution in [0.4, 0.5) is 0 Å². The van der Waals surface area contributed by atoms with Crippen molar-refractivity contribution < 1.29 is 0 Å². The van der Waals surface area contributed by atoms with Gasteiger partial charge in [0.05, 0.1) is 16.1 Å². The third-order valence-electron chi connectivity index (χ3n) is 18.2. The van der Waals surface area contributed by atoms with Gasteiger partial charge in [0.1, 0.15) is 0 Å². The molecule has 2 aromatic carbocycles. The van der Waals surface area contributed by atoms with Crippen molar-refractivity contribution in [3.05, 3.63) is 36.4 Å². The van der Waals surface area contributed by atoms with E-state index in [0.717, 1.165) is 0 Å². The molecule has 0 amide bonds. The van der Waals surface area contributed by atoms with E-state index in [4.69, 9.17) is 0 Å². The SMILES string of the molecule is c1ccc2c3ccc(c2c1)[Si]12CCCCCCCCCCCCCCCCCC[Si]3(CCCCCCCCCCCCCCCCCC1)CCCCCCCCCCCCCCCCCC2. The zero-order valence-corrected chi connectivity index (χ0v) is 46.6. The fourth-order valence-corrected chi connectivity index (χ4v) is 25.1. The van der Waals surface area contributed by atoms with Crippen LogP contribution in [0.3, 0.4) is 0 Å². The van der Waals surface area contributed by atoms with E-state index in [-0.39, 0.29) is 0 Å². The normalized spacial score (nSPS) is 27.3. The zero-order valence-electron chi connectivity index (χ0n) is 44.6. The van der Waals surface area contributed by atoms with Gasteiger partial charge in [-0.05, 0) is 10.8 Å². The Morgan fingerprint density at radius 2 is 0.303 bits per heavy atom. The summed E-state index contributed by atoms with van der Waals surface area (Å²) in [5, 5.41) is 7.44. The molecule has 0 spiro atoms. The summed E-state index contributed by atoms with van der Waals surface area (Å²) in [6.07, 6.45) is 71.5. The molecule has 3 heterocycles. The summed E-state index contributed by atoms with van der Waals surface area (Å²) in [5.74, 6) is 0. The van der Waals surface area contributed by atoms with Crippen molar-refractivity contribution in [1.82, 2.24) is 0 Å². The summed E-state index contributed by atoms with van der Waals surface area (Å²) in [4.78, 5) is 0. The summed E-state index contributed by atoms with van der Waals surface area (Å²) in [5.41, 5.74) is 0. The molecule has 0 fully saturated rings. The Kier molecular flexibility index (Phi) is 31.4. The molecule has 0 aliphatic carbocycles. The first kappa shape index (κ1) is 56.1. The van der Waals surface area contributed by atoms with Crippen LogP contribution >= 0.6 is 0 Å². The highest BCUT2D eigenvalue weighted by Gasteiger charge is 2.39. The molecule has 0 aromatic heterocycles. The third-order valence-corrected chi connectivity index (χ3v) is 29.3. The predicted octanol–water partition coefficient (Wildman–Crippen LogP) is 21.9. The first-order valence-electron chi connectivity index (χ1n) is 31.4. The van der Waals surface area contributed by atoms with E-state index < -0.39 is 16.1 Å². The average molecular weight is 940 g/mol. The molecule has 66 heavy (non-hydrogen) atoms. The van der Waals surface area contributed by atoms with Crippen molar-refractivity contribution in [2.24, 2.45) is 0 Å². The summed E-state index contributed by atoms with van der Waals surface area (Å²) >= 11 is 0. The van der Waals surface area contributed by atoms with Gasteiger partial charge in [0.25, 0.3) is 0 Å². The van der Waals surface area contributed by atoms with Gasteiger partial charge in [0.2, 0.25) is 0 Å². The highest BCUT2D eigenvalue weighted by Crippen LogP contribution is 2.36. The van der Waals surface area contributed by atoms with Crippen LogP contribution in [0.15, 0.2) is 36.4 Å². The molecule has 0 unspecified atom stereocenters. The van der Waals surface area contributed by atoms with E-state index >= 15 is 0 Å². The van der Waals surface area contributed by atoms with Gasteiger partial charge in [-0.3, -0.25) is 0 Å². The van der Waals surface area contributed by atoms with Crippen molar-refractivity contribution in [2.45, 2.75) is 344 Å². The summed E-state index contributed by atoms with van der Waals surface area (Å²) in [7, 11) is -3.53. The van der Waals surface area contributed by atoms with Crippen LogP contribution in [0.25, 0.3) is 10.8 Å². The number of fused-ring (bicyclic) bond motifs is 1. The lowest BCUT2D eigenvalue weighted by Crippen LogP contribution is -2.51. The van der Waals surface area contributed by atoms with Gasteiger partial charge >= 0.3 is 0 Å². The van der Waals surface area contributed by atoms with Gasteiger partial charge in [0.15, 0.2) is 0 Å². The topological polar surface area (TPSA) is 0 Å². The van der Waals surface area contributed by atoms with Crippen molar-refractivity contribution >= 4 is 37.3 Å². The maximum atomic E-state index is 2.93. The van der Waals surface area contributed by atoms with E-state index in [1.165, 1.54) is 308 Å². The molecule has 4 bridgehead atoms. The molecule has 5 rings (SSSR count). The van der Waals surface area contributed by atoms with Crippen LogP contribution in [0.1, 0.15) is 308 Å². The molecule has 0 saturated heterocycles. The number of benzene rings is 2. The third kappa shape index (κ3) is 22.5. The fraction of sp³-hybridized carbons (Fsp3) is 0.844. The Morgan fingerprint density at radius 1 is 0.167 bits per heavy atom. The minimum Gasteiger partial charge on any atom is -0.0625 e.